The van der Waals surface area contributed by atoms with Gasteiger partial charge in [-0.25, -0.2) is 8.42 Å². The molecule has 0 radical (unpaired) electrons. The fourth-order valence-electron chi connectivity index (χ4n) is 2.09. The van der Waals surface area contributed by atoms with E-state index in [-0.39, 0.29) is 10.7 Å². The van der Waals surface area contributed by atoms with Gasteiger partial charge in [-0.3, -0.25) is 4.68 Å². The second-order valence-corrected chi connectivity index (χ2v) is 6.74. The number of anilines is 1. The molecule has 0 aromatic carbocycles. The summed E-state index contributed by atoms with van der Waals surface area (Å²) in [6, 6.07) is 0. The molecule has 0 aliphatic carbocycles. The molecule has 2 unspecified atom stereocenters. The summed E-state index contributed by atoms with van der Waals surface area (Å²) in [7, 11) is -1.83. The Kier molecular flexibility index (Phi) is 2.90. The van der Waals surface area contributed by atoms with Crippen molar-refractivity contribution in [3.05, 3.63) is 6.20 Å². The van der Waals surface area contributed by atoms with Crippen LogP contribution < -0.4 is 5.73 Å². The van der Waals surface area contributed by atoms with Gasteiger partial charge in [-0.15, -0.1) is 0 Å². The zero-order valence-corrected chi connectivity index (χ0v) is 11.1. The molecule has 96 valence electrons. The summed E-state index contributed by atoms with van der Waals surface area (Å²) in [4.78, 5) is 0.112. The minimum absolute atomic E-state index is 0.0692. The zero-order valence-electron chi connectivity index (χ0n) is 10.3. The molecule has 0 bridgehead atoms. The van der Waals surface area contributed by atoms with Crippen LogP contribution in [0.2, 0.25) is 0 Å². The summed E-state index contributed by atoms with van der Waals surface area (Å²) in [6.45, 7) is 5.23. The van der Waals surface area contributed by atoms with E-state index in [2.05, 4.69) is 18.9 Å². The number of nitrogen functional groups attached to an aromatic ring is 1. The SMILES string of the molecule is CC1CN(S(=O)(=O)c2cn(C)nc2N)CC1C. The van der Waals surface area contributed by atoms with E-state index in [4.69, 9.17) is 5.73 Å². The largest absolute Gasteiger partial charge is 0.381 e. The smallest absolute Gasteiger partial charge is 0.248 e. The van der Waals surface area contributed by atoms with Gasteiger partial charge in [0.2, 0.25) is 10.0 Å². The molecule has 1 aromatic heterocycles. The molecule has 6 nitrogen and oxygen atoms in total. The van der Waals surface area contributed by atoms with Gasteiger partial charge in [0.15, 0.2) is 5.82 Å². The quantitative estimate of drug-likeness (QED) is 0.826. The molecule has 1 saturated heterocycles. The molecular formula is C10H18N4O2S. The molecule has 0 saturated carbocycles. The molecule has 1 aromatic rings. The van der Waals surface area contributed by atoms with Gasteiger partial charge in [-0.2, -0.15) is 9.40 Å². The van der Waals surface area contributed by atoms with Crippen molar-refractivity contribution in [2.75, 3.05) is 18.8 Å². The Balaban J connectivity index is 2.35. The topological polar surface area (TPSA) is 81.2 Å². The third kappa shape index (κ3) is 2.04. The number of hydrogen-bond acceptors (Lipinski definition) is 4. The molecular weight excluding hydrogens is 240 g/mol. The van der Waals surface area contributed by atoms with Crippen LogP contribution in [0.4, 0.5) is 5.82 Å². The van der Waals surface area contributed by atoms with Gasteiger partial charge in [0.1, 0.15) is 4.90 Å². The van der Waals surface area contributed by atoms with Crippen LogP contribution in [-0.2, 0) is 17.1 Å². The maximum Gasteiger partial charge on any atom is 0.248 e. The molecule has 0 spiro atoms. The number of hydrogen-bond donors (Lipinski definition) is 1. The van der Waals surface area contributed by atoms with Crippen molar-refractivity contribution in [2.24, 2.45) is 18.9 Å². The molecule has 0 amide bonds. The number of aryl methyl sites for hydroxylation is 1. The Bertz CT molecular complexity index is 512. The predicted molar refractivity (Wildman–Crippen MR) is 64.7 cm³/mol. The van der Waals surface area contributed by atoms with Crippen molar-refractivity contribution in [3.8, 4) is 0 Å². The van der Waals surface area contributed by atoms with Gasteiger partial charge < -0.3 is 5.73 Å². The highest BCUT2D eigenvalue weighted by Crippen LogP contribution is 2.29. The molecule has 2 N–H and O–H groups in total. The summed E-state index contributed by atoms with van der Waals surface area (Å²) in [5.41, 5.74) is 5.63. The normalized spacial score (nSPS) is 26.5. The van der Waals surface area contributed by atoms with Crippen LogP contribution in [0.25, 0.3) is 0 Å². The lowest BCUT2D eigenvalue weighted by Gasteiger charge is -2.14. The highest BCUT2D eigenvalue weighted by atomic mass is 32.2. The predicted octanol–water partition coefficient (Wildman–Crippen LogP) is 0.279. The van der Waals surface area contributed by atoms with Gasteiger partial charge in [-0.05, 0) is 11.8 Å². The molecule has 17 heavy (non-hydrogen) atoms. The van der Waals surface area contributed by atoms with Gasteiger partial charge in [0.05, 0.1) is 0 Å². The fourth-order valence-corrected chi connectivity index (χ4v) is 3.83. The lowest BCUT2D eigenvalue weighted by atomic mass is 10.0. The van der Waals surface area contributed by atoms with E-state index in [1.807, 2.05) is 0 Å². The molecule has 7 heteroatoms. The Hall–Kier alpha value is -1.08. The first-order chi connectivity index (χ1) is 7.82. The monoisotopic (exact) mass is 258 g/mol. The summed E-state index contributed by atoms with van der Waals surface area (Å²) >= 11 is 0. The van der Waals surface area contributed by atoms with E-state index in [1.54, 1.807) is 7.05 Å². The third-order valence-corrected chi connectivity index (χ3v) is 5.24. The number of nitrogens with zero attached hydrogens (tertiary/aromatic N) is 3. The number of nitrogens with two attached hydrogens (primary N) is 1. The van der Waals surface area contributed by atoms with Crippen LogP contribution >= 0.6 is 0 Å². The average Bonchev–Trinajstić information content (AvgIpc) is 2.72. The van der Waals surface area contributed by atoms with E-state index >= 15 is 0 Å². The van der Waals surface area contributed by atoms with E-state index in [1.165, 1.54) is 15.2 Å². The van der Waals surface area contributed by atoms with Crippen LogP contribution in [0, 0.1) is 11.8 Å². The summed E-state index contributed by atoms with van der Waals surface area (Å²) in [6.07, 6.45) is 1.46. The van der Waals surface area contributed by atoms with Gasteiger partial charge in [0, 0.05) is 26.3 Å². The van der Waals surface area contributed by atoms with E-state index in [9.17, 15) is 8.42 Å². The number of sulfonamides is 1. The molecule has 2 rings (SSSR count). The fraction of sp³-hybridized carbons (Fsp3) is 0.700. The maximum absolute atomic E-state index is 12.4. The first kappa shape index (κ1) is 12.4. The van der Waals surface area contributed by atoms with Crippen molar-refractivity contribution in [2.45, 2.75) is 18.7 Å². The van der Waals surface area contributed by atoms with Gasteiger partial charge in [-0.1, -0.05) is 13.8 Å². The highest BCUT2D eigenvalue weighted by Gasteiger charge is 2.36. The molecule has 1 aliphatic heterocycles. The standard InChI is InChI=1S/C10H18N4O2S/c1-7-4-14(5-8(7)2)17(15,16)9-6-13(3)12-10(9)11/h6-8H,4-5H2,1-3H3,(H2,11,12). The second-order valence-electron chi connectivity index (χ2n) is 4.83. The van der Waals surface area contributed by atoms with Crippen LogP contribution in [0.3, 0.4) is 0 Å². The zero-order chi connectivity index (χ0) is 12.8. The molecule has 1 aliphatic rings. The Morgan fingerprint density at radius 3 is 2.29 bits per heavy atom. The van der Waals surface area contributed by atoms with Crippen LogP contribution in [0.5, 0.6) is 0 Å². The van der Waals surface area contributed by atoms with Crippen molar-refractivity contribution < 1.29 is 8.42 Å². The second kappa shape index (κ2) is 3.99. The lowest BCUT2D eigenvalue weighted by Crippen LogP contribution is -2.29. The Morgan fingerprint density at radius 1 is 1.35 bits per heavy atom. The highest BCUT2D eigenvalue weighted by molar-refractivity contribution is 7.89. The van der Waals surface area contributed by atoms with Crippen LogP contribution in [0.15, 0.2) is 11.1 Å². The summed E-state index contributed by atoms with van der Waals surface area (Å²) < 4.78 is 27.6. The van der Waals surface area contributed by atoms with Crippen LogP contribution in [0.1, 0.15) is 13.8 Å². The minimum atomic E-state index is -3.49. The minimum Gasteiger partial charge on any atom is -0.381 e. The molecule has 2 heterocycles. The summed E-state index contributed by atoms with van der Waals surface area (Å²) in [5, 5.41) is 3.88. The lowest BCUT2D eigenvalue weighted by molar-refractivity contribution is 0.463. The molecule has 1 fully saturated rings. The first-order valence-corrected chi connectivity index (χ1v) is 7.05. The van der Waals surface area contributed by atoms with Gasteiger partial charge in [0.25, 0.3) is 0 Å². The van der Waals surface area contributed by atoms with Crippen molar-refractivity contribution in [1.29, 1.82) is 0 Å². The molecule has 2 atom stereocenters. The maximum atomic E-state index is 12.4. The average molecular weight is 258 g/mol. The van der Waals surface area contributed by atoms with E-state index < -0.39 is 10.0 Å². The van der Waals surface area contributed by atoms with E-state index in [0.717, 1.165) is 0 Å². The van der Waals surface area contributed by atoms with E-state index in [0.29, 0.717) is 24.9 Å². The van der Waals surface area contributed by atoms with Gasteiger partial charge >= 0.3 is 0 Å². The number of rotatable bonds is 2. The Labute approximate surface area is 101 Å². The Morgan fingerprint density at radius 2 is 1.88 bits per heavy atom. The summed E-state index contributed by atoms with van der Waals surface area (Å²) in [5.74, 6) is 0.824. The van der Waals surface area contributed by atoms with Crippen LogP contribution in [-0.4, -0.2) is 35.6 Å². The first-order valence-electron chi connectivity index (χ1n) is 5.61. The number of aromatic nitrogens is 2. The van der Waals surface area contributed by atoms with Crippen molar-refractivity contribution in [1.82, 2.24) is 14.1 Å². The van der Waals surface area contributed by atoms with Crippen molar-refractivity contribution >= 4 is 15.8 Å². The van der Waals surface area contributed by atoms with Crippen molar-refractivity contribution in [3.63, 3.8) is 0 Å². The third-order valence-electron chi connectivity index (χ3n) is 3.39.